The van der Waals surface area contributed by atoms with E-state index in [0.717, 1.165) is 44.4 Å². The molecule has 6 bridgehead atoms. The van der Waals surface area contributed by atoms with Crippen molar-refractivity contribution in [1.82, 2.24) is 34.5 Å². The summed E-state index contributed by atoms with van der Waals surface area (Å²) in [6, 6.07) is 7.38. The lowest BCUT2D eigenvalue weighted by Crippen LogP contribution is -2.62. The number of nitrogens with zero attached hydrogens (tertiary/aromatic N) is 6. The second kappa shape index (κ2) is 19.7. The van der Waals surface area contributed by atoms with Crippen molar-refractivity contribution in [3.05, 3.63) is 64.8 Å². The predicted octanol–water partition coefficient (Wildman–Crippen LogP) is 5.30. The zero-order valence-corrected chi connectivity index (χ0v) is 40.6. The first kappa shape index (κ1) is 48.3. The lowest BCUT2D eigenvalue weighted by atomic mass is 9.84. The van der Waals surface area contributed by atoms with E-state index in [9.17, 15) is 27.6 Å². The number of sulfonamides is 1. The summed E-state index contributed by atoms with van der Waals surface area (Å²) in [6.45, 7) is 12.1. The van der Waals surface area contributed by atoms with Gasteiger partial charge in [0.05, 0.1) is 41.1 Å². The maximum atomic E-state index is 14.6. The molecule has 65 heavy (non-hydrogen) atoms. The lowest BCUT2D eigenvalue weighted by Gasteiger charge is -2.37. The van der Waals surface area contributed by atoms with Crippen LogP contribution in [0.1, 0.15) is 96.2 Å². The molecule has 0 spiro atoms. The summed E-state index contributed by atoms with van der Waals surface area (Å²) in [5, 5.41) is 7.30. The molecule has 1 unspecified atom stereocenters. The highest BCUT2D eigenvalue weighted by Crippen LogP contribution is 2.42. The molecule has 352 valence electrons. The van der Waals surface area contributed by atoms with E-state index in [2.05, 4.69) is 60.5 Å². The molecule has 2 aromatic heterocycles. The van der Waals surface area contributed by atoms with Crippen LogP contribution in [0.2, 0.25) is 0 Å². The number of hydrogen-bond acceptors (Lipinski definition) is 12. The zero-order chi connectivity index (χ0) is 47.0. The number of methoxy groups -OCH3 is 1. The molecule has 6 heterocycles. The molecule has 4 aliphatic heterocycles. The highest BCUT2D eigenvalue weighted by atomic mass is 32.2. The van der Waals surface area contributed by atoms with Crippen LogP contribution in [0.15, 0.2) is 53.0 Å². The van der Waals surface area contributed by atoms with Gasteiger partial charge in [0.1, 0.15) is 18.1 Å². The van der Waals surface area contributed by atoms with Gasteiger partial charge in [-0.3, -0.25) is 34.2 Å². The van der Waals surface area contributed by atoms with E-state index in [1.807, 2.05) is 26.8 Å². The topological polar surface area (TPSA) is 185 Å². The lowest BCUT2D eigenvalue weighted by molar-refractivity contribution is -0.155. The quantitative estimate of drug-likeness (QED) is 0.252. The Kier molecular flexibility index (Phi) is 14.6. The number of carbonyl (C=O) groups is 4. The van der Waals surface area contributed by atoms with Crippen LogP contribution in [0.5, 0.6) is 0 Å². The summed E-state index contributed by atoms with van der Waals surface area (Å²) >= 11 is 1.54. The van der Waals surface area contributed by atoms with Gasteiger partial charge in [-0.05, 0) is 80.8 Å². The molecule has 3 amide bonds. The van der Waals surface area contributed by atoms with Crippen molar-refractivity contribution in [3.8, 4) is 11.3 Å². The summed E-state index contributed by atoms with van der Waals surface area (Å²) in [5.74, 6) is -2.10. The van der Waals surface area contributed by atoms with Gasteiger partial charge in [0, 0.05) is 86.5 Å². The molecule has 16 nitrogen and oxygen atoms in total. The fourth-order valence-corrected chi connectivity index (χ4v) is 12.0. The number of cyclic esters (lactones) is 1. The van der Waals surface area contributed by atoms with E-state index < -0.39 is 57.3 Å². The van der Waals surface area contributed by atoms with Crippen molar-refractivity contribution in [3.63, 3.8) is 0 Å². The Bertz CT molecular complexity index is 2490. The average Bonchev–Trinajstić information content (AvgIpc) is 4.03. The second-order valence-corrected chi connectivity index (χ2v) is 21.8. The largest absolute Gasteiger partial charge is 0.464 e. The molecule has 1 aromatic carbocycles. The van der Waals surface area contributed by atoms with E-state index in [-0.39, 0.29) is 50.1 Å². The van der Waals surface area contributed by atoms with Gasteiger partial charge in [-0.25, -0.2) is 13.8 Å². The van der Waals surface area contributed by atoms with Crippen molar-refractivity contribution in [2.75, 3.05) is 46.2 Å². The summed E-state index contributed by atoms with van der Waals surface area (Å²) in [4.78, 5) is 68.2. The monoisotopic (exact) mass is 932 g/mol. The van der Waals surface area contributed by atoms with Gasteiger partial charge in [-0.15, -0.1) is 11.8 Å². The Labute approximate surface area is 387 Å². The average molecular weight is 933 g/mol. The second-order valence-electron chi connectivity index (χ2n) is 18.9. The summed E-state index contributed by atoms with van der Waals surface area (Å²) in [6.07, 6.45) is 4.96. The fourth-order valence-electron chi connectivity index (χ4n) is 9.63. The number of rotatable bonds is 10. The molecule has 2 N–H and O–H groups in total. The molecule has 2 fully saturated rings. The van der Waals surface area contributed by atoms with Crippen LogP contribution in [0.25, 0.3) is 22.2 Å². The third-order valence-corrected chi connectivity index (χ3v) is 15.8. The van der Waals surface area contributed by atoms with Gasteiger partial charge < -0.3 is 24.3 Å². The van der Waals surface area contributed by atoms with Gasteiger partial charge in [0.15, 0.2) is 0 Å². The number of esters is 1. The number of carbonyl (C=O) groups excluding carboxylic acids is 4. The van der Waals surface area contributed by atoms with Crippen LogP contribution < -0.4 is 10.7 Å². The number of hydrazine groups is 1. The molecule has 0 aliphatic carbocycles. The molecule has 7 rings (SSSR count). The molecular formula is C47H64N8O8S2. The Hall–Kier alpha value is -4.62. The van der Waals surface area contributed by atoms with Gasteiger partial charge in [-0.1, -0.05) is 39.8 Å². The normalized spacial score (nSPS) is 24.2. The zero-order valence-electron chi connectivity index (χ0n) is 39.0. The maximum Gasteiger partial charge on any atom is 0.324 e. The minimum atomic E-state index is -3.66. The van der Waals surface area contributed by atoms with Crippen molar-refractivity contribution in [2.24, 2.45) is 29.3 Å². The number of benzene rings is 1. The number of pyridine rings is 1. The number of aromatic nitrogens is 2. The third-order valence-electron chi connectivity index (χ3n) is 13.1. The van der Waals surface area contributed by atoms with E-state index >= 15 is 0 Å². The van der Waals surface area contributed by atoms with Gasteiger partial charge in [-0.2, -0.15) is 4.31 Å². The molecule has 0 saturated carbocycles. The summed E-state index contributed by atoms with van der Waals surface area (Å²) < 4.78 is 40.8. The number of nitrogens with one attached hydrogen (secondary N) is 2. The SMILES string of the molecule is C/C=C/S(=O)(=O)N1CC[C@H](C(=O)N(C)[C@H](C(=O)N[C@H]2CC3=NC(CS3)c3ccc4c(c3)c(c(-c3cccnc3[C@H](C)OC)n4C)CC(C)(C)COC(=O)[C@@H]3CCCN(N3)C2=O)C(C)C)C1. The Morgan fingerprint density at radius 2 is 1.91 bits per heavy atom. The summed E-state index contributed by atoms with van der Waals surface area (Å²) in [5.41, 5.74) is 8.56. The van der Waals surface area contributed by atoms with E-state index in [0.29, 0.717) is 43.0 Å². The van der Waals surface area contributed by atoms with Gasteiger partial charge >= 0.3 is 5.97 Å². The smallest absolute Gasteiger partial charge is 0.324 e. The van der Waals surface area contributed by atoms with Crippen molar-refractivity contribution < 1.29 is 37.1 Å². The minimum absolute atomic E-state index is 0.0160. The standard InChI is InChI=1S/C47H64N8O8S2/c1-10-21-65(60,61)54-20-17-31(25-54)44(57)53(8)41(28(2)3)43(56)50-36-23-39-49-37(26-64-39)30-15-16-38-33(22-30)34(42(52(38)7)32-13-11-18-48-40(32)29(4)62-9)24-47(5,6)27-63-46(59)35-14-12-19-55(51-35)45(36)58/h10-11,13,15-16,18,21-22,28-29,31,35-37,41,51H,12,14,17,19-20,23-27H2,1-9H3,(H,50,56)/b21-10+/t29-,31-,35-,36-,37?,41-/m0/s1. The van der Waals surface area contributed by atoms with Gasteiger partial charge in [0.2, 0.25) is 21.8 Å². The molecule has 0 radical (unpaired) electrons. The van der Waals surface area contributed by atoms with Crippen molar-refractivity contribution in [1.29, 1.82) is 0 Å². The highest BCUT2D eigenvalue weighted by Gasteiger charge is 2.42. The number of amides is 3. The third kappa shape index (κ3) is 10.2. The number of aliphatic imine (C=N–C) groups is 1. The molecule has 18 heteroatoms. The van der Waals surface area contributed by atoms with E-state index in [4.69, 9.17) is 19.5 Å². The van der Waals surface area contributed by atoms with Crippen LogP contribution >= 0.6 is 11.8 Å². The predicted molar refractivity (Wildman–Crippen MR) is 252 cm³/mol. The fraction of sp³-hybridized carbons (Fsp3) is 0.574. The first-order valence-electron chi connectivity index (χ1n) is 22.6. The van der Waals surface area contributed by atoms with E-state index in [1.54, 1.807) is 39.0 Å². The number of aryl methyl sites for hydroxylation is 1. The Balaban J connectivity index is 1.23. The first-order valence-corrected chi connectivity index (χ1v) is 25.1. The number of fused-ring (bicyclic) bond motifs is 5. The van der Waals surface area contributed by atoms with Crippen molar-refractivity contribution >= 4 is 61.4 Å². The minimum Gasteiger partial charge on any atom is -0.464 e. The summed E-state index contributed by atoms with van der Waals surface area (Å²) in [7, 11) is 1.63. The number of allylic oxidation sites excluding steroid dienone is 1. The van der Waals surface area contributed by atoms with Crippen LogP contribution in [-0.4, -0.2) is 125 Å². The Morgan fingerprint density at radius 1 is 1.14 bits per heavy atom. The van der Waals surface area contributed by atoms with Gasteiger partial charge in [0.25, 0.3) is 5.91 Å². The number of likely N-dealkylation sites (N-methyl/N-ethyl adjacent to an activating group) is 1. The molecule has 4 aliphatic rings. The molecule has 2 saturated heterocycles. The van der Waals surface area contributed by atoms with Crippen LogP contribution in [0, 0.1) is 17.3 Å². The number of ether oxygens (including phenoxy) is 2. The molecular weight excluding hydrogens is 869 g/mol. The van der Waals surface area contributed by atoms with Crippen LogP contribution in [-0.2, 0) is 52.1 Å². The molecule has 3 aromatic rings. The van der Waals surface area contributed by atoms with E-state index in [1.165, 1.54) is 20.3 Å². The molecule has 6 atom stereocenters. The van der Waals surface area contributed by atoms with Crippen molar-refractivity contribution in [2.45, 2.75) is 104 Å². The number of hydrogen-bond donors (Lipinski definition) is 2. The van der Waals surface area contributed by atoms with Crippen LogP contribution in [0.4, 0.5) is 0 Å². The first-order chi connectivity index (χ1) is 30.8. The number of thioether (sulfide) groups is 1. The Morgan fingerprint density at radius 3 is 2.63 bits per heavy atom. The highest BCUT2D eigenvalue weighted by molar-refractivity contribution is 8.14. The maximum absolute atomic E-state index is 14.6. The van der Waals surface area contributed by atoms with Crippen LogP contribution in [0.3, 0.4) is 0 Å².